The zero-order valence-corrected chi connectivity index (χ0v) is 18.9. The summed E-state index contributed by atoms with van der Waals surface area (Å²) >= 11 is 4.70. The number of aromatic nitrogens is 3. The number of aryl methyl sites for hydroxylation is 3. The Kier molecular flexibility index (Phi) is 5.34. The second-order valence-corrected chi connectivity index (χ2v) is 10.7. The van der Waals surface area contributed by atoms with Crippen LogP contribution in [0.3, 0.4) is 0 Å². The minimum absolute atomic E-state index is 0.0485. The van der Waals surface area contributed by atoms with Gasteiger partial charge in [0.1, 0.15) is 10.7 Å². The van der Waals surface area contributed by atoms with E-state index in [0.717, 1.165) is 50.4 Å². The first-order chi connectivity index (χ1) is 14.6. The Balaban J connectivity index is 1.23. The summed E-state index contributed by atoms with van der Waals surface area (Å²) in [5.41, 5.74) is 2.87. The van der Waals surface area contributed by atoms with E-state index < -0.39 is 0 Å². The molecule has 1 aliphatic carbocycles. The molecule has 3 heterocycles. The van der Waals surface area contributed by atoms with Gasteiger partial charge in [0.25, 0.3) is 5.56 Å². The summed E-state index contributed by atoms with van der Waals surface area (Å²) in [7, 11) is 0. The number of nitrogens with one attached hydrogen (secondary N) is 2. The van der Waals surface area contributed by atoms with Crippen LogP contribution in [0.15, 0.2) is 23.0 Å². The van der Waals surface area contributed by atoms with Crippen molar-refractivity contribution >= 4 is 66.5 Å². The van der Waals surface area contributed by atoms with Crippen molar-refractivity contribution in [3.05, 3.63) is 49.8 Å². The number of thioether (sulfide) groups is 1. The highest BCUT2D eigenvalue weighted by Gasteiger charge is 2.19. The summed E-state index contributed by atoms with van der Waals surface area (Å²) in [5.74, 6) is 1.34. The molecule has 0 unspecified atom stereocenters. The number of amides is 1. The van der Waals surface area contributed by atoms with E-state index in [9.17, 15) is 9.59 Å². The number of thiophene rings is 1. The minimum Gasteiger partial charge on any atom is -0.325 e. The van der Waals surface area contributed by atoms with Gasteiger partial charge in [-0.3, -0.25) is 9.59 Å². The number of nitrogens with zero attached hydrogens (tertiary/aromatic N) is 2. The number of carbonyl (C=O) groups excluding carboxylic acids is 1. The molecule has 1 amide bonds. The van der Waals surface area contributed by atoms with Crippen molar-refractivity contribution in [3.63, 3.8) is 0 Å². The van der Waals surface area contributed by atoms with Crippen molar-refractivity contribution in [3.8, 4) is 0 Å². The Hall–Kier alpha value is -2.23. The predicted molar refractivity (Wildman–Crippen MR) is 126 cm³/mol. The molecule has 154 valence electrons. The Morgan fingerprint density at radius 3 is 3.00 bits per heavy atom. The zero-order chi connectivity index (χ0) is 20.7. The van der Waals surface area contributed by atoms with Gasteiger partial charge in [0.05, 0.1) is 32.1 Å². The third kappa shape index (κ3) is 3.89. The van der Waals surface area contributed by atoms with Gasteiger partial charge < -0.3 is 10.3 Å². The Bertz CT molecular complexity index is 1320. The average Bonchev–Trinajstić information content (AvgIpc) is 3.26. The predicted octanol–water partition coefficient (Wildman–Crippen LogP) is 4.65. The highest BCUT2D eigenvalue weighted by atomic mass is 32.2. The van der Waals surface area contributed by atoms with E-state index in [1.165, 1.54) is 28.6 Å². The van der Waals surface area contributed by atoms with Crippen LogP contribution in [0.25, 0.3) is 20.4 Å². The van der Waals surface area contributed by atoms with E-state index in [1.807, 2.05) is 25.1 Å². The van der Waals surface area contributed by atoms with Crippen molar-refractivity contribution in [2.24, 2.45) is 0 Å². The van der Waals surface area contributed by atoms with E-state index >= 15 is 0 Å². The topological polar surface area (TPSA) is 87.7 Å². The second-order valence-electron chi connectivity index (χ2n) is 7.36. The van der Waals surface area contributed by atoms with E-state index in [2.05, 4.69) is 20.3 Å². The lowest BCUT2D eigenvalue weighted by Crippen LogP contribution is -2.15. The summed E-state index contributed by atoms with van der Waals surface area (Å²) in [6.07, 6.45) is 4.35. The van der Waals surface area contributed by atoms with Gasteiger partial charge in [-0.05, 0) is 56.4 Å². The van der Waals surface area contributed by atoms with Crippen LogP contribution in [0.4, 0.5) is 5.69 Å². The van der Waals surface area contributed by atoms with Crippen molar-refractivity contribution in [2.45, 2.75) is 38.4 Å². The maximum Gasteiger partial charge on any atom is 0.259 e. The highest BCUT2D eigenvalue weighted by Crippen LogP contribution is 2.33. The number of anilines is 1. The third-order valence-electron chi connectivity index (χ3n) is 5.13. The van der Waals surface area contributed by atoms with Gasteiger partial charge in [0.2, 0.25) is 5.91 Å². The van der Waals surface area contributed by atoms with Gasteiger partial charge >= 0.3 is 0 Å². The average molecular weight is 457 g/mol. The molecule has 9 heteroatoms. The molecule has 0 saturated carbocycles. The largest absolute Gasteiger partial charge is 0.325 e. The maximum atomic E-state index is 12.6. The molecular formula is C21H20N4O2S3. The van der Waals surface area contributed by atoms with Crippen molar-refractivity contribution in [1.29, 1.82) is 0 Å². The molecule has 4 aromatic rings. The first-order valence-corrected chi connectivity index (χ1v) is 12.6. The molecule has 30 heavy (non-hydrogen) atoms. The van der Waals surface area contributed by atoms with Crippen LogP contribution >= 0.6 is 34.4 Å². The summed E-state index contributed by atoms with van der Waals surface area (Å²) < 4.78 is 1.06. The van der Waals surface area contributed by atoms with Gasteiger partial charge in [0, 0.05) is 10.6 Å². The Morgan fingerprint density at radius 2 is 2.10 bits per heavy atom. The monoisotopic (exact) mass is 456 g/mol. The standard InChI is InChI=1S/C21H20N4O2S3/c1-11-22-14-7-6-12(8-16(14)29-11)23-18(26)10-28-9-17-24-20(27)19-13-4-2-3-5-15(13)30-21(19)25-17/h6-8H,2-5,9-10H2,1H3,(H,23,26)(H,24,25,27). The minimum atomic E-state index is -0.0735. The maximum absolute atomic E-state index is 12.6. The number of benzene rings is 1. The number of carbonyl (C=O) groups is 1. The summed E-state index contributed by atoms with van der Waals surface area (Å²) in [6.45, 7) is 1.97. The van der Waals surface area contributed by atoms with Gasteiger partial charge in [-0.25, -0.2) is 9.97 Å². The van der Waals surface area contributed by atoms with Crippen LogP contribution in [-0.4, -0.2) is 26.6 Å². The molecule has 6 nitrogen and oxygen atoms in total. The molecule has 0 saturated heterocycles. The fourth-order valence-corrected chi connectivity index (χ4v) is 6.67. The van der Waals surface area contributed by atoms with E-state index in [-0.39, 0.29) is 11.5 Å². The smallest absolute Gasteiger partial charge is 0.259 e. The fourth-order valence-electron chi connectivity index (χ4n) is 3.83. The summed E-state index contributed by atoms with van der Waals surface area (Å²) in [4.78, 5) is 39.1. The highest BCUT2D eigenvalue weighted by molar-refractivity contribution is 7.99. The number of thiazole rings is 1. The van der Waals surface area contributed by atoms with Crippen LogP contribution < -0.4 is 10.9 Å². The van der Waals surface area contributed by atoms with Gasteiger partial charge in [-0.1, -0.05) is 0 Å². The fraction of sp³-hybridized carbons (Fsp3) is 0.333. The molecule has 0 aliphatic heterocycles. The first kappa shape index (κ1) is 19.7. The van der Waals surface area contributed by atoms with Crippen LogP contribution in [0.2, 0.25) is 0 Å². The molecule has 5 rings (SSSR count). The molecule has 1 aromatic carbocycles. The van der Waals surface area contributed by atoms with E-state index in [4.69, 9.17) is 0 Å². The molecule has 0 atom stereocenters. The molecule has 0 fully saturated rings. The van der Waals surface area contributed by atoms with Gasteiger partial charge in [-0.15, -0.1) is 34.4 Å². The lowest BCUT2D eigenvalue weighted by molar-refractivity contribution is -0.113. The van der Waals surface area contributed by atoms with Crippen molar-refractivity contribution in [2.75, 3.05) is 11.1 Å². The molecule has 3 aromatic heterocycles. The lowest BCUT2D eigenvalue weighted by atomic mass is 9.97. The molecule has 0 bridgehead atoms. The van der Waals surface area contributed by atoms with Crippen molar-refractivity contribution < 1.29 is 4.79 Å². The first-order valence-electron chi connectivity index (χ1n) is 9.85. The SMILES string of the molecule is Cc1nc2ccc(NC(=O)CSCc3nc4sc5c(c4c(=O)[nH]3)CCCC5)cc2s1. The summed E-state index contributed by atoms with van der Waals surface area (Å²) in [5, 5.41) is 4.71. The van der Waals surface area contributed by atoms with Crippen LogP contribution in [0.1, 0.15) is 34.1 Å². The van der Waals surface area contributed by atoms with E-state index in [0.29, 0.717) is 17.3 Å². The quantitative estimate of drug-likeness (QED) is 0.456. The van der Waals surface area contributed by atoms with Crippen LogP contribution in [0.5, 0.6) is 0 Å². The number of rotatable bonds is 5. The number of H-pyrrole nitrogens is 1. The molecular weight excluding hydrogens is 436 g/mol. The van der Waals surface area contributed by atoms with E-state index in [1.54, 1.807) is 22.7 Å². The molecule has 0 spiro atoms. The van der Waals surface area contributed by atoms with Crippen molar-refractivity contribution in [1.82, 2.24) is 15.0 Å². The lowest BCUT2D eigenvalue weighted by Gasteiger charge is -2.09. The number of hydrogen-bond acceptors (Lipinski definition) is 7. The normalized spacial score (nSPS) is 13.6. The summed E-state index contributed by atoms with van der Waals surface area (Å²) in [6, 6.07) is 5.75. The zero-order valence-electron chi connectivity index (χ0n) is 16.4. The molecule has 2 N–H and O–H groups in total. The van der Waals surface area contributed by atoms with Gasteiger partial charge in [-0.2, -0.15) is 0 Å². The van der Waals surface area contributed by atoms with Crippen LogP contribution in [-0.2, 0) is 23.4 Å². The Labute approximate surface area is 185 Å². The third-order valence-corrected chi connectivity index (χ3v) is 8.19. The van der Waals surface area contributed by atoms with Crippen LogP contribution in [0, 0.1) is 6.92 Å². The Morgan fingerprint density at radius 1 is 1.23 bits per heavy atom. The number of fused-ring (bicyclic) bond motifs is 4. The number of aromatic amines is 1. The second kappa shape index (κ2) is 8.13. The molecule has 0 radical (unpaired) electrons. The molecule has 1 aliphatic rings. The van der Waals surface area contributed by atoms with Gasteiger partial charge in [0.15, 0.2) is 0 Å². The number of hydrogen-bond donors (Lipinski definition) is 2.